The van der Waals surface area contributed by atoms with Crippen LogP contribution in [0.15, 0.2) is 30.3 Å². The summed E-state index contributed by atoms with van der Waals surface area (Å²) in [4.78, 5) is 0. The Kier molecular flexibility index (Phi) is 2.68. The van der Waals surface area contributed by atoms with Crippen LogP contribution in [0, 0.1) is 31.6 Å². The second kappa shape index (κ2) is 3.95. The third-order valence-electron chi connectivity index (χ3n) is 2.49. The molecule has 0 saturated heterocycles. The van der Waals surface area contributed by atoms with Crippen molar-refractivity contribution in [3.8, 4) is 0 Å². The zero-order valence-electron chi connectivity index (χ0n) is 7.77. The van der Waals surface area contributed by atoms with Crippen LogP contribution in [-0.2, 0) is 0 Å². The molecular formula is C13H13. The summed E-state index contributed by atoms with van der Waals surface area (Å²) in [6, 6.07) is 10.6. The first-order valence-corrected chi connectivity index (χ1v) is 4.64. The molecule has 5 radical (unpaired) electrons. The van der Waals surface area contributed by atoms with E-state index in [9.17, 15) is 0 Å². The van der Waals surface area contributed by atoms with Crippen molar-refractivity contribution in [1.82, 2.24) is 0 Å². The lowest BCUT2D eigenvalue weighted by molar-refractivity contribution is 0.827. The Labute approximate surface area is 81.0 Å². The van der Waals surface area contributed by atoms with Gasteiger partial charge < -0.3 is 0 Å². The molecule has 1 aromatic rings. The van der Waals surface area contributed by atoms with Crippen molar-refractivity contribution < 1.29 is 0 Å². The van der Waals surface area contributed by atoms with Crippen molar-refractivity contribution in [2.45, 2.75) is 12.8 Å². The minimum Gasteiger partial charge on any atom is -0.0622 e. The lowest BCUT2D eigenvalue weighted by Gasteiger charge is -2.17. The lowest BCUT2D eigenvalue weighted by atomic mass is 9.87. The van der Waals surface area contributed by atoms with E-state index < -0.39 is 0 Å². The molecule has 13 heavy (non-hydrogen) atoms. The van der Waals surface area contributed by atoms with E-state index in [1.54, 1.807) is 0 Å². The van der Waals surface area contributed by atoms with Gasteiger partial charge in [0.25, 0.3) is 0 Å². The van der Waals surface area contributed by atoms with Crippen LogP contribution in [0.1, 0.15) is 18.4 Å². The maximum absolute atomic E-state index is 2.24. The summed E-state index contributed by atoms with van der Waals surface area (Å²) in [5.41, 5.74) is 1.38. The Morgan fingerprint density at radius 2 is 1.54 bits per heavy atom. The standard InChI is InChI=1S/C13H13/c1-11(13-9-5-6-10-13)12-7-3-2-4-8-12/h2-11H,1H3/t11-/m0/s1. The highest BCUT2D eigenvalue weighted by molar-refractivity contribution is 5.42. The minimum absolute atomic E-state index is 0.510. The van der Waals surface area contributed by atoms with Crippen molar-refractivity contribution in [3.63, 3.8) is 0 Å². The second-order valence-corrected chi connectivity index (χ2v) is 3.35. The van der Waals surface area contributed by atoms with Crippen LogP contribution in [0.2, 0.25) is 0 Å². The average Bonchev–Trinajstić information content (AvgIpc) is 2.71. The predicted octanol–water partition coefficient (Wildman–Crippen LogP) is 3.20. The first-order chi connectivity index (χ1) is 6.38. The van der Waals surface area contributed by atoms with Gasteiger partial charge in [0.15, 0.2) is 0 Å². The summed E-state index contributed by atoms with van der Waals surface area (Å²) in [7, 11) is 0. The van der Waals surface area contributed by atoms with Crippen molar-refractivity contribution in [1.29, 1.82) is 0 Å². The van der Waals surface area contributed by atoms with Gasteiger partial charge in [-0.05, 0) is 43.1 Å². The van der Waals surface area contributed by atoms with Gasteiger partial charge in [0.1, 0.15) is 0 Å². The Balaban J connectivity index is 2.08. The maximum Gasteiger partial charge on any atom is -0.00953 e. The van der Waals surface area contributed by atoms with E-state index in [0.717, 1.165) is 0 Å². The summed E-state index contributed by atoms with van der Waals surface area (Å²) in [5.74, 6) is 1.91. The van der Waals surface area contributed by atoms with Crippen molar-refractivity contribution >= 4 is 0 Å². The van der Waals surface area contributed by atoms with E-state index in [0.29, 0.717) is 5.92 Å². The summed E-state index contributed by atoms with van der Waals surface area (Å²) in [6.45, 7) is 2.24. The zero-order chi connectivity index (χ0) is 9.10. The van der Waals surface area contributed by atoms with Gasteiger partial charge in [-0.2, -0.15) is 0 Å². The summed E-state index contributed by atoms with van der Waals surface area (Å²) >= 11 is 0. The van der Waals surface area contributed by atoms with Gasteiger partial charge >= 0.3 is 0 Å². The molecule has 1 atom stereocenters. The molecule has 0 heterocycles. The molecule has 0 spiro atoms. The SMILES string of the molecule is C[C@H]([C]1[CH][CH][CH][CH]1)c1ccccc1. The van der Waals surface area contributed by atoms with Crippen LogP contribution >= 0.6 is 0 Å². The first kappa shape index (κ1) is 8.80. The molecule has 0 aliphatic heterocycles. The molecule has 1 aliphatic carbocycles. The fraction of sp³-hybridized carbons (Fsp3) is 0.154. The van der Waals surface area contributed by atoms with Crippen LogP contribution < -0.4 is 0 Å². The monoisotopic (exact) mass is 169 g/mol. The Bertz CT molecular complexity index is 244. The highest BCUT2D eigenvalue weighted by Crippen LogP contribution is 2.36. The first-order valence-electron chi connectivity index (χ1n) is 4.64. The van der Waals surface area contributed by atoms with Crippen LogP contribution in [0.25, 0.3) is 0 Å². The minimum atomic E-state index is 0.510. The summed E-state index contributed by atoms with van der Waals surface area (Å²) in [6.07, 6.45) is 8.54. The third-order valence-corrected chi connectivity index (χ3v) is 2.49. The van der Waals surface area contributed by atoms with Crippen molar-refractivity contribution in [2.24, 2.45) is 0 Å². The van der Waals surface area contributed by atoms with Gasteiger partial charge in [-0.25, -0.2) is 0 Å². The number of hydrogen-bond donors (Lipinski definition) is 0. The maximum atomic E-state index is 2.24. The van der Waals surface area contributed by atoms with E-state index in [4.69, 9.17) is 0 Å². The number of rotatable bonds is 2. The second-order valence-electron chi connectivity index (χ2n) is 3.35. The van der Waals surface area contributed by atoms with Crippen LogP contribution in [0.4, 0.5) is 0 Å². The largest absolute Gasteiger partial charge is 0.0622 e. The Hall–Kier alpha value is -0.780. The summed E-state index contributed by atoms with van der Waals surface area (Å²) < 4.78 is 0. The molecule has 1 aliphatic rings. The van der Waals surface area contributed by atoms with Crippen molar-refractivity contribution in [3.05, 3.63) is 67.5 Å². The van der Waals surface area contributed by atoms with E-state index in [2.05, 4.69) is 62.9 Å². The number of benzene rings is 1. The fourth-order valence-corrected chi connectivity index (χ4v) is 1.61. The molecule has 1 saturated carbocycles. The molecule has 2 rings (SSSR count). The molecule has 0 N–H and O–H groups in total. The van der Waals surface area contributed by atoms with Crippen LogP contribution in [-0.4, -0.2) is 0 Å². The van der Waals surface area contributed by atoms with Gasteiger partial charge in [0, 0.05) is 0 Å². The molecule has 1 aromatic carbocycles. The molecule has 0 nitrogen and oxygen atoms in total. The summed E-state index contributed by atoms with van der Waals surface area (Å²) in [5, 5.41) is 0. The number of hydrogen-bond acceptors (Lipinski definition) is 0. The average molecular weight is 169 g/mol. The molecule has 0 bridgehead atoms. The van der Waals surface area contributed by atoms with Gasteiger partial charge in [-0.1, -0.05) is 37.3 Å². The molecule has 0 aromatic heterocycles. The zero-order valence-corrected chi connectivity index (χ0v) is 7.77. The smallest absolute Gasteiger partial charge is 0.00953 e. The van der Waals surface area contributed by atoms with E-state index in [1.165, 1.54) is 11.5 Å². The predicted molar refractivity (Wildman–Crippen MR) is 55.3 cm³/mol. The van der Waals surface area contributed by atoms with Crippen molar-refractivity contribution in [2.75, 3.05) is 0 Å². The Morgan fingerprint density at radius 3 is 2.15 bits per heavy atom. The van der Waals surface area contributed by atoms with Gasteiger partial charge in [0.2, 0.25) is 0 Å². The molecular weight excluding hydrogens is 156 g/mol. The normalized spacial score (nSPS) is 20.4. The van der Waals surface area contributed by atoms with Crippen LogP contribution in [0.3, 0.4) is 0 Å². The molecule has 65 valence electrons. The van der Waals surface area contributed by atoms with Gasteiger partial charge in [0.05, 0.1) is 0 Å². The van der Waals surface area contributed by atoms with E-state index >= 15 is 0 Å². The van der Waals surface area contributed by atoms with Crippen LogP contribution in [0.5, 0.6) is 0 Å². The lowest BCUT2D eigenvalue weighted by Crippen LogP contribution is -2.04. The molecule has 0 heteroatoms. The molecule has 0 unspecified atom stereocenters. The van der Waals surface area contributed by atoms with E-state index in [-0.39, 0.29) is 0 Å². The topological polar surface area (TPSA) is 0 Å². The highest BCUT2D eigenvalue weighted by atomic mass is 14.3. The van der Waals surface area contributed by atoms with Gasteiger partial charge in [-0.15, -0.1) is 0 Å². The highest BCUT2D eigenvalue weighted by Gasteiger charge is 2.23. The Morgan fingerprint density at radius 1 is 0.923 bits per heavy atom. The molecule has 1 fully saturated rings. The quantitative estimate of drug-likeness (QED) is 0.637. The molecule has 0 amide bonds. The third kappa shape index (κ3) is 1.93. The fourth-order valence-electron chi connectivity index (χ4n) is 1.61. The van der Waals surface area contributed by atoms with E-state index in [1.807, 2.05) is 0 Å². The van der Waals surface area contributed by atoms with Gasteiger partial charge in [-0.3, -0.25) is 0 Å².